The van der Waals surface area contributed by atoms with Gasteiger partial charge in [-0.25, -0.2) is 0 Å². The number of nitrogens with one attached hydrogen (secondary N) is 1. The van der Waals surface area contributed by atoms with E-state index in [1.807, 2.05) is 17.9 Å². The van der Waals surface area contributed by atoms with Crippen LogP contribution in [-0.2, 0) is 24.3 Å². The summed E-state index contributed by atoms with van der Waals surface area (Å²) in [5.74, 6) is 1.27. The third-order valence-electron chi connectivity index (χ3n) is 6.21. The number of benzene rings is 2. The van der Waals surface area contributed by atoms with Crippen LogP contribution in [0.2, 0.25) is 0 Å². The molecule has 1 amide bonds. The van der Waals surface area contributed by atoms with Gasteiger partial charge in [-0.15, -0.1) is 0 Å². The highest BCUT2D eigenvalue weighted by molar-refractivity contribution is 5.78. The van der Waals surface area contributed by atoms with E-state index in [0.29, 0.717) is 50.3 Å². The van der Waals surface area contributed by atoms with Crippen molar-refractivity contribution in [1.82, 2.24) is 10.2 Å². The topological polar surface area (TPSA) is 71.0 Å². The van der Waals surface area contributed by atoms with Crippen LogP contribution in [-0.4, -0.2) is 42.2 Å². The number of carbonyl (C=O) groups is 1. The lowest BCUT2D eigenvalue weighted by Gasteiger charge is -2.28. The molecule has 1 aliphatic rings. The molecule has 2 N–H and O–H groups in total. The Bertz CT molecular complexity index is 973. The molecule has 1 aliphatic heterocycles. The number of phenols is 1. The summed E-state index contributed by atoms with van der Waals surface area (Å²) in [4.78, 5) is 15.3. The lowest BCUT2D eigenvalue weighted by Crippen LogP contribution is -2.40. The number of fused-ring (bicyclic) bond motifs is 1. The van der Waals surface area contributed by atoms with Crippen molar-refractivity contribution >= 4 is 5.91 Å². The Morgan fingerprint density at radius 2 is 1.94 bits per heavy atom. The number of nitrogens with zero attached hydrogens (tertiary/aromatic N) is 1. The summed E-state index contributed by atoms with van der Waals surface area (Å²) in [6, 6.07) is 9.97. The molecule has 0 saturated carbocycles. The molecule has 1 atom stereocenters. The molecule has 1 unspecified atom stereocenters. The van der Waals surface area contributed by atoms with Crippen molar-refractivity contribution in [2.24, 2.45) is 11.8 Å². The predicted octanol–water partition coefficient (Wildman–Crippen LogP) is 4.83. The summed E-state index contributed by atoms with van der Waals surface area (Å²) in [6.07, 6.45) is 1.77. The van der Waals surface area contributed by atoms with Crippen molar-refractivity contribution in [3.05, 3.63) is 52.6 Å². The molecule has 0 radical (unpaired) electrons. The van der Waals surface area contributed by atoms with Crippen LogP contribution < -0.4 is 14.8 Å². The van der Waals surface area contributed by atoms with Crippen LogP contribution in [0.4, 0.5) is 0 Å². The van der Waals surface area contributed by atoms with Crippen LogP contribution in [0.15, 0.2) is 30.3 Å². The quantitative estimate of drug-likeness (QED) is 0.522. The number of hydrogen-bond donors (Lipinski definition) is 2. The fraction of sp³-hybridized carbons (Fsp3) is 0.536. The minimum Gasteiger partial charge on any atom is -0.504 e. The molecule has 186 valence electrons. The highest BCUT2D eigenvalue weighted by Gasteiger charge is 2.23. The Morgan fingerprint density at radius 3 is 2.68 bits per heavy atom. The van der Waals surface area contributed by atoms with E-state index in [0.717, 1.165) is 24.9 Å². The van der Waals surface area contributed by atoms with Gasteiger partial charge in [0.25, 0.3) is 0 Å². The Hall–Kier alpha value is -2.73. The molecule has 6 nitrogen and oxygen atoms in total. The van der Waals surface area contributed by atoms with Crippen LogP contribution in [0.5, 0.6) is 17.2 Å². The van der Waals surface area contributed by atoms with Crippen LogP contribution in [0.3, 0.4) is 0 Å². The summed E-state index contributed by atoms with van der Waals surface area (Å²) in [5.41, 5.74) is 4.82. The summed E-state index contributed by atoms with van der Waals surface area (Å²) in [5, 5.41) is 14.0. The number of aromatic hydroxyl groups is 1. The molecule has 2 aromatic carbocycles. The minimum atomic E-state index is -0.164. The Morgan fingerprint density at radius 1 is 1.18 bits per heavy atom. The van der Waals surface area contributed by atoms with Crippen molar-refractivity contribution in [1.29, 1.82) is 0 Å². The second-order valence-electron chi connectivity index (χ2n) is 9.70. The van der Waals surface area contributed by atoms with Crippen molar-refractivity contribution in [2.75, 3.05) is 26.3 Å². The van der Waals surface area contributed by atoms with Crippen molar-refractivity contribution in [3.8, 4) is 17.2 Å². The normalized spacial score (nSPS) is 14.1. The number of rotatable bonds is 10. The molecule has 0 saturated heterocycles. The first kappa shape index (κ1) is 25.9. The fourth-order valence-corrected chi connectivity index (χ4v) is 4.55. The standard InChI is InChI=1S/C28H40N2O4/c1-6-24-20(4)9-7-10-23(24)16-29-15-21(5)28(32)30(17-19(2)3)18-22-13-25(31)27-26(14-22)33-11-8-12-34-27/h7,9-10,13-14,19,21,29,31H,6,8,11-12,15-18H2,1-5H3. The Kier molecular flexibility index (Phi) is 9.22. The van der Waals surface area contributed by atoms with E-state index in [2.05, 4.69) is 51.2 Å². The van der Waals surface area contributed by atoms with Crippen LogP contribution in [0, 0.1) is 18.8 Å². The highest BCUT2D eigenvalue weighted by atomic mass is 16.5. The van der Waals surface area contributed by atoms with E-state index in [4.69, 9.17) is 9.47 Å². The molecule has 0 aliphatic carbocycles. The van der Waals surface area contributed by atoms with Gasteiger partial charge in [-0.05, 0) is 53.6 Å². The van der Waals surface area contributed by atoms with Gasteiger partial charge in [0, 0.05) is 38.5 Å². The number of phenolic OH excluding ortho intramolecular Hbond substituents is 1. The van der Waals surface area contributed by atoms with Gasteiger partial charge in [0.2, 0.25) is 11.7 Å². The summed E-state index contributed by atoms with van der Waals surface area (Å²) in [7, 11) is 0. The highest BCUT2D eigenvalue weighted by Crippen LogP contribution is 2.39. The van der Waals surface area contributed by atoms with E-state index < -0.39 is 0 Å². The first-order chi connectivity index (χ1) is 16.3. The van der Waals surface area contributed by atoms with E-state index in [9.17, 15) is 9.90 Å². The number of aryl methyl sites for hydroxylation is 1. The summed E-state index contributed by atoms with van der Waals surface area (Å²) >= 11 is 0. The molecule has 2 aromatic rings. The Labute approximate surface area is 204 Å². The second-order valence-corrected chi connectivity index (χ2v) is 9.70. The third kappa shape index (κ3) is 6.66. The molecule has 0 bridgehead atoms. The number of amides is 1. The van der Waals surface area contributed by atoms with Gasteiger partial charge >= 0.3 is 0 Å². The molecular formula is C28H40N2O4. The van der Waals surface area contributed by atoms with Gasteiger partial charge in [-0.2, -0.15) is 0 Å². The molecule has 6 heteroatoms. The molecule has 3 rings (SSSR count). The summed E-state index contributed by atoms with van der Waals surface area (Å²) < 4.78 is 11.4. The number of hydrogen-bond acceptors (Lipinski definition) is 5. The van der Waals surface area contributed by atoms with Crippen molar-refractivity contribution in [2.45, 2.75) is 60.5 Å². The fourth-order valence-electron chi connectivity index (χ4n) is 4.55. The van der Waals surface area contributed by atoms with E-state index in [-0.39, 0.29) is 17.6 Å². The van der Waals surface area contributed by atoms with Gasteiger partial charge in [0.1, 0.15) is 0 Å². The zero-order valence-electron chi connectivity index (χ0n) is 21.3. The van der Waals surface area contributed by atoms with Crippen LogP contribution in [0.25, 0.3) is 0 Å². The smallest absolute Gasteiger partial charge is 0.226 e. The lowest BCUT2D eigenvalue weighted by atomic mass is 9.99. The van der Waals surface area contributed by atoms with Gasteiger partial charge in [0.15, 0.2) is 11.5 Å². The van der Waals surface area contributed by atoms with Gasteiger partial charge < -0.3 is 24.8 Å². The zero-order chi connectivity index (χ0) is 24.7. The molecule has 0 spiro atoms. The number of carbonyl (C=O) groups excluding carboxylic acids is 1. The van der Waals surface area contributed by atoms with E-state index >= 15 is 0 Å². The monoisotopic (exact) mass is 468 g/mol. The molecule has 0 aromatic heterocycles. The third-order valence-corrected chi connectivity index (χ3v) is 6.21. The van der Waals surface area contributed by atoms with E-state index in [1.54, 1.807) is 6.07 Å². The van der Waals surface area contributed by atoms with Crippen molar-refractivity contribution in [3.63, 3.8) is 0 Å². The van der Waals surface area contributed by atoms with Gasteiger partial charge in [-0.3, -0.25) is 4.79 Å². The maximum absolute atomic E-state index is 13.4. The maximum atomic E-state index is 13.4. The molecule has 1 heterocycles. The lowest BCUT2D eigenvalue weighted by molar-refractivity contribution is -0.136. The molecule has 0 fully saturated rings. The maximum Gasteiger partial charge on any atom is 0.226 e. The van der Waals surface area contributed by atoms with Gasteiger partial charge in [0.05, 0.1) is 13.2 Å². The van der Waals surface area contributed by atoms with Crippen LogP contribution >= 0.6 is 0 Å². The largest absolute Gasteiger partial charge is 0.504 e. The van der Waals surface area contributed by atoms with Crippen LogP contribution in [0.1, 0.15) is 56.4 Å². The zero-order valence-corrected chi connectivity index (χ0v) is 21.3. The van der Waals surface area contributed by atoms with E-state index in [1.165, 1.54) is 16.7 Å². The first-order valence-corrected chi connectivity index (χ1v) is 12.5. The second kappa shape index (κ2) is 12.1. The first-order valence-electron chi connectivity index (χ1n) is 12.5. The molecular weight excluding hydrogens is 428 g/mol. The average molecular weight is 469 g/mol. The minimum absolute atomic E-state index is 0.0611. The molecule has 34 heavy (non-hydrogen) atoms. The number of ether oxygens (including phenoxy) is 2. The summed E-state index contributed by atoms with van der Waals surface area (Å²) in [6.45, 7) is 14.0. The Balaban J connectivity index is 1.66. The predicted molar refractivity (Wildman–Crippen MR) is 135 cm³/mol. The van der Waals surface area contributed by atoms with Crippen molar-refractivity contribution < 1.29 is 19.4 Å². The van der Waals surface area contributed by atoms with Gasteiger partial charge in [-0.1, -0.05) is 45.9 Å². The SMILES string of the molecule is CCc1c(C)cccc1CNCC(C)C(=O)N(Cc1cc(O)c2c(c1)OCCCO2)CC(C)C. The average Bonchev–Trinajstić information content (AvgIpc) is 3.04.